The van der Waals surface area contributed by atoms with Crippen molar-refractivity contribution in [1.82, 2.24) is 19.7 Å². The van der Waals surface area contributed by atoms with E-state index in [1.807, 2.05) is 39.8 Å². The van der Waals surface area contributed by atoms with Crippen molar-refractivity contribution in [2.24, 2.45) is 0 Å². The Morgan fingerprint density at radius 3 is 2.39 bits per heavy atom. The van der Waals surface area contributed by atoms with E-state index in [1.165, 1.54) is 30.3 Å². The van der Waals surface area contributed by atoms with Crippen LogP contribution in [0.15, 0.2) is 59.8 Å². The maximum absolute atomic E-state index is 13.5. The van der Waals surface area contributed by atoms with E-state index in [1.54, 1.807) is 12.1 Å². The molecule has 0 bridgehead atoms. The largest absolute Gasteiger partial charge is 0.337 e. The van der Waals surface area contributed by atoms with Crippen LogP contribution in [0.3, 0.4) is 0 Å². The highest BCUT2D eigenvalue weighted by atomic mass is 32.2. The van der Waals surface area contributed by atoms with Gasteiger partial charge in [0.2, 0.25) is 5.91 Å². The topological polar surface area (TPSA) is 51.0 Å². The summed E-state index contributed by atoms with van der Waals surface area (Å²) < 4.78 is 15.4. The first-order chi connectivity index (χ1) is 15.0. The summed E-state index contributed by atoms with van der Waals surface area (Å²) in [4.78, 5) is 15.0. The molecule has 2 aromatic carbocycles. The molecular weight excluding hydrogens is 411 g/mol. The van der Waals surface area contributed by atoms with Crippen LogP contribution in [0.25, 0.3) is 5.69 Å². The second-order valence-electron chi connectivity index (χ2n) is 8.09. The molecule has 1 fully saturated rings. The van der Waals surface area contributed by atoms with Gasteiger partial charge in [0.05, 0.1) is 5.75 Å². The second kappa shape index (κ2) is 9.64. The Balaban J connectivity index is 1.58. The van der Waals surface area contributed by atoms with Gasteiger partial charge in [-0.1, -0.05) is 42.1 Å². The van der Waals surface area contributed by atoms with Crippen molar-refractivity contribution in [2.75, 3.05) is 5.75 Å². The molecule has 2 atom stereocenters. The van der Waals surface area contributed by atoms with Gasteiger partial charge < -0.3 is 4.90 Å². The van der Waals surface area contributed by atoms with Gasteiger partial charge in [0, 0.05) is 24.2 Å². The lowest BCUT2D eigenvalue weighted by Gasteiger charge is -2.39. The molecule has 5 nitrogen and oxygen atoms in total. The highest BCUT2D eigenvalue weighted by Crippen LogP contribution is 2.27. The number of likely N-dealkylation sites (tertiary alicyclic amines) is 1. The highest BCUT2D eigenvalue weighted by Gasteiger charge is 2.29. The van der Waals surface area contributed by atoms with Crippen LogP contribution in [0.4, 0.5) is 4.39 Å². The molecule has 1 aliphatic heterocycles. The van der Waals surface area contributed by atoms with Crippen LogP contribution in [0, 0.1) is 5.82 Å². The van der Waals surface area contributed by atoms with E-state index in [4.69, 9.17) is 0 Å². The summed E-state index contributed by atoms with van der Waals surface area (Å²) in [6.07, 6.45) is 3.86. The number of carbonyl (C=O) groups excluding carboxylic acids is 1. The predicted molar refractivity (Wildman–Crippen MR) is 121 cm³/mol. The van der Waals surface area contributed by atoms with Gasteiger partial charge in [-0.05, 0) is 62.9 Å². The number of benzene rings is 2. The van der Waals surface area contributed by atoms with Gasteiger partial charge in [-0.2, -0.15) is 0 Å². The first kappa shape index (κ1) is 21.6. The molecule has 0 radical (unpaired) electrons. The molecule has 1 aromatic heterocycles. The van der Waals surface area contributed by atoms with Crippen LogP contribution in [0.1, 0.15) is 44.5 Å². The standard InChI is InChI=1S/C24H27FN4OS/c1-17-7-6-8-18(2)28(17)23(30)16-31-24-27-26-22(15-19-9-4-3-5-10-19)29(24)21-13-11-20(25)12-14-21/h3-5,9-14,17-18H,6-8,15-16H2,1-2H3/t17-,18-/m0/s1. The number of aromatic nitrogens is 3. The van der Waals surface area contributed by atoms with Crippen molar-refractivity contribution in [3.8, 4) is 5.69 Å². The van der Waals surface area contributed by atoms with E-state index in [2.05, 4.69) is 24.0 Å². The van der Waals surface area contributed by atoms with Gasteiger partial charge >= 0.3 is 0 Å². The first-order valence-corrected chi connectivity index (χ1v) is 11.7. The lowest BCUT2D eigenvalue weighted by molar-refractivity contribution is -0.134. The summed E-state index contributed by atoms with van der Waals surface area (Å²) in [6, 6.07) is 16.9. The maximum atomic E-state index is 13.5. The smallest absolute Gasteiger partial charge is 0.233 e. The monoisotopic (exact) mass is 438 g/mol. The highest BCUT2D eigenvalue weighted by molar-refractivity contribution is 7.99. The molecule has 2 heterocycles. The molecule has 1 aliphatic rings. The van der Waals surface area contributed by atoms with Crippen LogP contribution in [-0.4, -0.2) is 43.4 Å². The summed E-state index contributed by atoms with van der Waals surface area (Å²) in [5, 5.41) is 9.42. The fraction of sp³-hybridized carbons (Fsp3) is 0.375. The molecule has 1 saturated heterocycles. The second-order valence-corrected chi connectivity index (χ2v) is 9.03. The number of thioether (sulfide) groups is 1. The molecule has 0 saturated carbocycles. The molecule has 7 heteroatoms. The Bertz CT molecular complexity index is 1010. The van der Waals surface area contributed by atoms with E-state index in [-0.39, 0.29) is 23.8 Å². The van der Waals surface area contributed by atoms with Gasteiger partial charge in [0.25, 0.3) is 0 Å². The number of hydrogen-bond acceptors (Lipinski definition) is 4. The van der Waals surface area contributed by atoms with Crippen LogP contribution >= 0.6 is 11.8 Å². The molecule has 1 amide bonds. The minimum atomic E-state index is -0.293. The molecule has 0 unspecified atom stereocenters. The Hall–Kier alpha value is -2.67. The van der Waals surface area contributed by atoms with Gasteiger partial charge in [-0.3, -0.25) is 9.36 Å². The van der Waals surface area contributed by atoms with Gasteiger partial charge in [0.15, 0.2) is 5.16 Å². The lowest BCUT2D eigenvalue weighted by atomic mass is 9.98. The molecular formula is C24H27FN4OS. The molecule has 31 heavy (non-hydrogen) atoms. The Kier molecular flexibility index (Phi) is 6.70. The average molecular weight is 439 g/mol. The van der Waals surface area contributed by atoms with Crippen LogP contribution in [0.5, 0.6) is 0 Å². The maximum Gasteiger partial charge on any atom is 0.233 e. The zero-order chi connectivity index (χ0) is 21.8. The van der Waals surface area contributed by atoms with E-state index < -0.39 is 0 Å². The van der Waals surface area contributed by atoms with Crippen LogP contribution in [-0.2, 0) is 11.2 Å². The number of amides is 1. The van der Waals surface area contributed by atoms with Gasteiger partial charge in [0.1, 0.15) is 11.6 Å². The average Bonchev–Trinajstić information content (AvgIpc) is 3.16. The number of hydrogen-bond donors (Lipinski definition) is 0. The Morgan fingerprint density at radius 2 is 1.71 bits per heavy atom. The third-order valence-electron chi connectivity index (χ3n) is 5.80. The van der Waals surface area contributed by atoms with Crippen molar-refractivity contribution in [2.45, 2.75) is 56.8 Å². The van der Waals surface area contributed by atoms with E-state index >= 15 is 0 Å². The van der Waals surface area contributed by atoms with Crippen molar-refractivity contribution >= 4 is 17.7 Å². The third kappa shape index (κ3) is 4.98. The third-order valence-corrected chi connectivity index (χ3v) is 6.71. The minimum absolute atomic E-state index is 0.128. The van der Waals surface area contributed by atoms with Crippen molar-refractivity contribution in [1.29, 1.82) is 0 Å². The predicted octanol–water partition coefficient (Wildman–Crippen LogP) is 4.88. The summed E-state index contributed by atoms with van der Waals surface area (Å²) >= 11 is 1.39. The summed E-state index contributed by atoms with van der Waals surface area (Å²) in [5.74, 6) is 0.897. The van der Waals surface area contributed by atoms with Crippen molar-refractivity contribution in [3.63, 3.8) is 0 Å². The van der Waals surface area contributed by atoms with E-state index in [0.717, 1.165) is 29.9 Å². The number of nitrogens with zero attached hydrogens (tertiary/aromatic N) is 4. The Morgan fingerprint density at radius 1 is 1.03 bits per heavy atom. The van der Waals surface area contributed by atoms with Gasteiger partial charge in [-0.25, -0.2) is 4.39 Å². The molecule has 4 rings (SSSR count). The Labute approximate surface area is 186 Å². The number of piperidine rings is 1. The quantitative estimate of drug-likeness (QED) is 0.515. The molecule has 3 aromatic rings. The van der Waals surface area contributed by atoms with E-state index in [9.17, 15) is 9.18 Å². The lowest BCUT2D eigenvalue weighted by Crippen LogP contribution is -2.48. The SMILES string of the molecule is C[C@H]1CCC[C@H](C)N1C(=O)CSc1nnc(Cc2ccccc2)n1-c1ccc(F)cc1. The zero-order valence-corrected chi connectivity index (χ0v) is 18.7. The minimum Gasteiger partial charge on any atom is -0.337 e. The molecule has 162 valence electrons. The van der Waals surface area contributed by atoms with E-state index in [0.29, 0.717) is 17.3 Å². The van der Waals surface area contributed by atoms with Gasteiger partial charge in [-0.15, -0.1) is 10.2 Å². The fourth-order valence-electron chi connectivity index (χ4n) is 4.25. The molecule has 0 spiro atoms. The zero-order valence-electron chi connectivity index (χ0n) is 17.9. The summed E-state index contributed by atoms with van der Waals surface area (Å²) in [7, 11) is 0. The van der Waals surface area contributed by atoms with Crippen LogP contribution < -0.4 is 0 Å². The molecule has 0 N–H and O–H groups in total. The number of rotatable bonds is 6. The first-order valence-electron chi connectivity index (χ1n) is 10.7. The van der Waals surface area contributed by atoms with Crippen LogP contribution in [0.2, 0.25) is 0 Å². The molecule has 0 aliphatic carbocycles. The normalized spacial score (nSPS) is 18.9. The summed E-state index contributed by atoms with van der Waals surface area (Å²) in [6.45, 7) is 4.24. The number of halogens is 1. The fourth-order valence-corrected chi connectivity index (χ4v) is 5.09. The summed E-state index contributed by atoms with van der Waals surface area (Å²) in [5.41, 5.74) is 1.90. The number of carbonyl (C=O) groups is 1. The van der Waals surface area contributed by atoms with Crippen molar-refractivity contribution in [3.05, 3.63) is 71.8 Å². The van der Waals surface area contributed by atoms with Crippen molar-refractivity contribution < 1.29 is 9.18 Å².